The van der Waals surface area contributed by atoms with Crippen molar-refractivity contribution in [1.29, 1.82) is 0 Å². The maximum Gasteiger partial charge on any atom is 0.169 e. The van der Waals surface area contributed by atoms with Gasteiger partial charge >= 0.3 is 0 Å². The molecule has 0 amide bonds. The molecule has 96 valence electrons. The molecule has 0 saturated carbocycles. The first-order chi connectivity index (χ1) is 9.81. The summed E-state index contributed by atoms with van der Waals surface area (Å²) in [7, 11) is 0. The molecule has 3 aromatic heterocycles. The lowest BCUT2D eigenvalue weighted by atomic mass is 10.2. The van der Waals surface area contributed by atoms with E-state index < -0.39 is 0 Å². The zero-order chi connectivity index (χ0) is 13.5. The second kappa shape index (κ2) is 4.21. The van der Waals surface area contributed by atoms with Crippen LogP contribution in [0.15, 0.2) is 43.0 Å². The van der Waals surface area contributed by atoms with Gasteiger partial charge in [0.05, 0.1) is 11.0 Å². The average Bonchev–Trinajstić information content (AvgIpc) is 2.89. The molecule has 3 heterocycles. The molecule has 0 radical (unpaired) electrons. The molecule has 0 unspecified atom stereocenters. The molecular formula is C13H7ClN6. The quantitative estimate of drug-likeness (QED) is 0.501. The van der Waals surface area contributed by atoms with Crippen molar-refractivity contribution in [3.8, 4) is 11.4 Å². The number of halogens is 1. The summed E-state index contributed by atoms with van der Waals surface area (Å²) in [6.45, 7) is 0. The van der Waals surface area contributed by atoms with E-state index in [1.807, 2.05) is 18.2 Å². The third kappa shape index (κ3) is 1.70. The molecule has 6 nitrogen and oxygen atoms in total. The Balaban J connectivity index is 1.96. The van der Waals surface area contributed by atoms with Crippen LogP contribution in [0.25, 0.3) is 28.1 Å². The minimum Gasteiger partial charge on any atom is -0.265 e. The number of nitrogens with zero attached hydrogens (tertiary/aromatic N) is 6. The number of aromatic nitrogens is 6. The van der Waals surface area contributed by atoms with E-state index in [0.29, 0.717) is 16.6 Å². The van der Waals surface area contributed by atoms with Crippen molar-refractivity contribution in [2.45, 2.75) is 0 Å². The highest BCUT2D eigenvalue weighted by atomic mass is 35.5. The molecule has 0 aliphatic carbocycles. The van der Waals surface area contributed by atoms with Gasteiger partial charge in [0.15, 0.2) is 11.5 Å². The van der Waals surface area contributed by atoms with Crippen LogP contribution in [0.1, 0.15) is 0 Å². The number of hydrogen-bond acceptors (Lipinski definition) is 5. The number of benzene rings is 1. The Hall–Kier alpha value is -2.60. The van der Waals surface area contributed by atoms with E-state index in [2.05, 4.69) is 25.1 Å². The molecule has 0 N–H and O–H groups in total. The molecule has 20 heavy (non-hydrogen) atoms. The van der Waals surface area contributed by atoms with Crippen molar-refractivity contribution in [3.63, 3.8) is 0 Å². The average molecular weight is 283 g/mol. The highest BCUT2D eigenvalue weighted by molar-refractivity contribution is 6.29. The molecule has 4 rings (SSSR count). The van der Waals surface area contributed by atoms with Crippen LogP contribution in [-0.4, -0.2) is 29.5 Å². The Morgan fingerprint density at radius 1 is 0.900 bits per heavy atom. The molecule has 1 aromatic carbocycles. The van der Waals surface area contributed by atoms with E-state index in [-0.39, 0.29) is 0 Å². The van der Waals surface area contributed by atoms with Gasteiger partial charge in [-0.15, -0.1) is 10.2 Å². The molecule has 0 saturated heterocycles. The largest absolute Gasteiger partial charge is 0.265 e. The van der Waals surface area contributed by atoms with Gasteiger partial charge < -0.3 is 0 Å². The monoisotopic (exact) mass is 282 g/mol. The van der Waals surface area contributed by atoms with Crippen LogP contribution in [0.3, 0.4) is 0 Å². The summed E-state index contributed by atoms with van der Waals surface area (Å²) in [5, 5.41) is 8.66. The fraction of sp³-hybridized carbons (Fsp3) is 0. The summed E-state index contributed by atoms with van der Waals surface area (Å²) < 4.78 is 1.78. The van der Waals surface area contributed by atoms with E-state index >= 15 is 0 Å². The van der Waals surface area contributed by atoms with Gasteiger partial charge in [0.1, 0.15) is 11.5 Å². The summed E-state index contributed by atoms with van der Waals surface area (Å²) in [5.74, 6) is 0.691. The van der Waals surface area contributed by atoms with Crippen molar-refractivity contribution >= 4 is 28.3 Å². The first kappa shape index (κ1) is 11.2. The summed E-state index contributed by atoms with van der Waals surface area (Å²) in [6, 6.07) is 7.43. The minimum absolute atomic E-state index is 0.390. The summed E-state index contributed by atoms with van der Waals surface area (Å²) in [4.78, 5) is 12.6. The van der Waals surface area contributed by atoms with Gasteiger partial charge in [0, 0.05) is 24.0 Å². The highest BCUT2D eigenvalue weighted by Crippen LogP contribution is 2.22. The Bertz CT molecular complexity index is 932. The lowest BCUT2D eigenvalue weighted by Gasteiger charge is -2.01. The predicted molar refractivity (Wildman–Crippen MR) is 74.3 cm³/mol. The molecule has 0 fully saturated rings. The number of hydrogen-bond donors (Lipinski definition) is 0. The van der Waals surface area contributed by atoms with E-state index in [1.54, 1.807) is 29.2 Å². The van der Waals surface area contributed by atoms with E-state index in [1.165, 1.54) is 0 Å². The Morgan fingerprint density at radius 3 is 2.65 bits per heavy atom. The first-order valence-electron chi connectivity index (χ1n) is 5.89. The van der Waals surface area contributed by atoms with Crippen LogP contribution in [0.2, 0.25) is 5.15 Å². The summed E-state index contributed by atoms with van der Waals surface area (Å²) in [5.41, 5.74) is 3.20. The Morgan fingerprint density at radius 2 is 1.75 bits per heavy atom. The van der Waals surface area contributed by atoms with Crippen LogP contribution >= 0.6 is 11.6 Å². The Kier molecular flexibility index (Phi) is 2.37. The normalized spacial score (nSPS) is 11.2. The SMILES string of the molecule is Clc1cc2nnc(-c3ccc4nccnc4c3)n2cn1. The Labute approximate surface area is 118 Å². The van der Waals surface area contributed by atoms with Gasteiger partial charge in [-0.2, -0.15) is 0 Å². The van der Waals surface area contributed by atoms with Crippen molar-refractivity contribution in [1.82, 2.24) is 29.5 Å². The van der Waals surface area contributed by atoms with Crippen LogP contribution in [-0.2, 0) is 0 Å². The molecule has 0 atom stereocenters. The lowest BCUT2D eigenvalue weighted by Crippen LogP contribution is -1.92. The predicted octanol–water partition coefficient (Wildman–Crippen LogP) is 2.39. The van der Waals surface area contributed by atoms with E-state index in [9.17, 15) is 0 Å². The summed E-state index contributed by atoms with van der Waals surface area (Å²) >= 11 is 5.84. The standard InChI is InChI=1S/C13H7ClN6/c14-11-6-12-18-19-13(20(12)7-17-11)8-1-2-9-10(5-8)16-4-3-15-9/h1-7H. The van der Waals surface area contributed by atoms with E-state index in [4.69, 9.17) is 11.6 Å². The lowest BCUT2D eigenvalue weighted by molar-refractivity contribution is 1.08. The van der Waals surface area contributed by atoms with E-state index in [0.717, 1.165) is 16.6 Å². The highest BCUT2D eigenvalue weighted by Gasteiger charge is 2.09. The van der Waals surface area contributed by atoms with Crippen LogP contribution in [0, 0.1) is 0 Å². The zero-order valence-electron chi connectivity index (χ0n) is 10.1. The van der Waals surface area contributed by atoms with Gasteiger partial charge in [0.2, 0.25) is 0 Å². The van der Waals surface area contributed by atoms with Crippen LogP contribution in [0.5, 0.6) is 0 Å². The number of fused-ring (bicyclic) bond motifs is 2. The minimum atomic E-state index is 0.390. The molecule has 0 aliphatic heterocycles. The van der Waals surface area contributed by atoms with Gasteiger partial charge in [-0.3, -0.25) is 14.4 Å². The molecule has 7 heteroatoms. The van der Waals surface area contributed by atoms with Gasteiger partial charge in [0.25, 0.3) is 0 Å². The fourth-order valence-corrected chi connectivity index (χ4v) is 2.21. The maximum atomic E-state index is 5.84. The molecular weight excluding hydrogens is 276 g/mol. The molecule has 0 spiro atoms. The second-order valence-corrected chi connectivity index (χ2v) is 4.61. The second-order valence-electron chi connectivity index (χ2n) is 4.22. The molecule has 0 aliphatic rings. The van der Waals surface area contributed by atoms with Crippen LogP contribution in [0.4, 0.5) is 0 Å². The van der Waals surface area contributed by atoms with Crippen molar-refractivity contribution in [2.24, 2.45) is 0 Å². The molecule has 0 bridgehead atoms. The van der Waals surface area contributed by atoms with Crippen molar-refractivity contribution < 1.29 is 0 Å². The first-order valence-corrected chi connectivity index (χ1v) is 6.26. The molecule has 4 aromatic rings. The summed E-state index contributed by atoms with van der Waals surface area (Å²) in [6.07, 6.45) is 4.93. The van der Waals surface area contributed by atoms with Crippen LogP contribution < -0.4 is 0 Å². The fourth-order valence-electron chi connectivity index (χ4n) is 2.07. The van der Waals surface area contributed by atoms with Gasteiger partial charge in [-0.05, 0) is 18.2 Å². The van der Waals surface area contributed by atoms with Crippen molar-refractivity contribution in [3.05, 3.63) is 48.1 Å². The maximum absolute atomic E-state index is 5.84. The van der Waals surface area contributed by atoms with Gasteiger partial charge in [-0.25, -0.2) is 4.98 Å². The third-order valence-electron chi connectivity index (χ3n) is 2.99. The number of rotatable bonds is 1. The smallest absolute Gasteiger partial charge is 0.169 e. The zero-order valence-corrected chi connectivity index (χ0v) is 10.9. The van der Waals surface area contributed by atoms with Crippen molar-refractivity contribution in [2.75, 3.05) is 0 Å². The topological polar surface area (TPSA) is 68.9 Å². The third-order valence-corrected chi connectivity index (χ3v) is 3.20. The van der Waals surface area contributed by atoms with Gasteiger partial charge in [-0.1, -0.05) is 11.6 Å².